The van der Waals surface area contributed by atoms with Gasteiger partial charge < -0.3 is 14.6 Å². The van der Waals surface area contributed by atoms with Crippen molar-refractivity contribution in [3.8, 4) is 0 Å². The number of epoxide rings is 1. The number of carboxylic acid groups (broad SMARTS) is 1. The molecule has 4 heteroatoms. The van der Waals surface area contributed by atoms with E-state index in [-0.39, 0.29) is 6.10 Å². The van der Waals surface area contributed by atoms with Crippen LogP contribution in [0.2, 0.25) is 0 Å². The number of fused-ring (bicyclic) bond motifs is 7. The Bertz CT molecular complexity index is 329. The summed E-state index contributed by atoms with van der Waals surface area (Å²) in [4.78, 5) is 10.5. The van der Waals surface area contributed by atoms with Crippen molar-refractivity contribution in [2.24, 2.45) is 23.7 Å². The lowest BCUT2D eigenvalue weighted by atomic mass is 9.79. The van der Waals surface area contributed by atoms with Gasteiger partial charge in [0, 0.05) is 0 Å². The molecule has 15 heavy (non-hydrogen) atoms. The van der Waals surface area contributed by atoms with E-state index < -0.39 is 6.16 Å². The fraction of sp³-hybridized carbons (Fsp3) is 0.909. The van der Waals surface area contributed by atoms with Crippen LogP contribution in [0.3, 0.4) is 0 Å². The highest BCUT2D eigenvalue weighted by Crippen LogP contribution is 2.64. The van der Waals surface area contributed by atoms with Crippen molar-refractivity contribution in [1.82, 2.24) is 0 Å². The fourth-order valence-corrected chi connectivity index (χ4v) is 4.53. The molecular weight excluding hydrogens is 196 g/mol. The molecule has 4 rings (SSSR count). The molecule has 0 spiro atoms. The average molecular weight is 210 g/mol. The highest BCUT2D eigenvalue weighted by molar-refractivity contribution is 5.57. The van der Waals surface area contributed by atoms with Gasteiger partial charge in [-0.05, 0) is 42.9 Å². The minimum absolute atomic E-state index is 0.0220. The normalized spacial score (nSPS) is 58.8. The minimum atomic E-state index is -1.11. The summed E-state index contributed by atoms with van der Waals surface area (Å²) in [6.45, 7) is 0. The summed E-state index contributed by atoms with van der Waals surface area (Å²) in [6, 6.07) is 0. The van der Waals surface area contributed by atoms with E-state index in [4.69, 9.17) is 14.6 Å². The number of carbonyl (C=O) groups is 1. The molecule has 3 saturated carbocycles. The Hall–Kier alpha value is -0.770. The number of hydrogen-bond acceptors (Lipinski definition) is 3. The maximum absolute atomic E-state index is 10.5. The van der Waals surface area contributed by atoms with Gasteiger partial charge in [0.25, 0.3) is 0 Å². The van der Waals surface area contributed by atoms with E-state index in [1.165, 1.54) is 6.42 Å². The molecule has 7 atom stereocenters. The zero-order valence-electron chi connectivity index (χ0n) is 8.33. The van der Waals surface area contributed by atoms with E-state index in [1.54, 1.807) is 0 Å². The molecule has 0 radical (unpaired) electrons. The molecule has 0 amide bonds. The van der Waals surface area contributed by atoms with Gasteiger partial charge in [0.1, 0.15) is 6.10 Å². The van der Waals surface area contributed by atoms with Crippen LogP contribution >= 0.6 is 0 Å². The Balaban J connectivity index is 1.55. The number of ether oxygens (including phenoxy) is 2. The quantitative estimate of drug-likeness (QED) is 0.526. The highest BCUT2D eigenvalue weighted by Gasteiger charge is 2.67. The van der Waals surface area contributed by atoms with Crippen molar-refractivity contribution in [3.63, 3.8) is 0 Å². The van der Waals surface area contributed by atoms with Crippen molar-refractivity contribution >= 4 is 6.16 Å². The van der Waals surface area contributed by atoms with E-state index in [1.807, 2.05) is 0 Å². The standard InChI is InChI=1S/C11H14O4/c12-11(13)15-7-2-4-1-5(7)6-3-8-10(14-8)9(4)6/h4-10H,1-3H2,(H,12,13). The van der Waals surface area contributed by atoms with Crippen LogP contribution < -0.4 is 0 Å². The van der Waals surface area contributed by atoms with Gasteiger partial charge in [-0.25, -0.2) is 4.79 Å². The van der Waals surface area contributed by atoms with Crippen LogP contribution in [0.5, 0.6) is 0 Å². The molecule has 0 aromatic rings. The summed E-state index contributed by atoms with van der Waals surface area (Å²) < 4.78 is 10.6. The largest absolute Gasteiger partial charge is 0.506 e. The minimum Gasteiger partial charge on any atom is -0.450 e. The summed E-state index contributed by atoms with van der Waals surface area (Å²) in [5.41, 5.74) is 0. The lowest BCUT2D eigenvalue weighted by Gasteiger charge is -2.31. The number of rotatable bonds is 1. The van der Waals surface area contributed by atoms with Crippen molar-refractivity contribution in [2.75, 3.05) is 0 Å². The second-order valence-electron chi connectivity index (χ2n) is 5.43. The Morgan fingerprint density at radius 3 is 2.93 bits per heavy atom. The summed E-state index contributed by atoms with van der Waals surface area (Å²) in [5, 5.41) is 8.66. The first-order chi connectivity index (χ1) is 7.24. The molecule has 7 unspecified atom stereocenters. The molecule has 4 fully saturated rings. The molecule has 82 valence electrons. The maximum atomic E-state index is 10.5. The molecule has 4 nitrogen and oxygen atoms in total. The lowest BCUT2D eigenvalue weighted by molar-refractivity contribution is -0.00436. The summed E-state index contributed by atoms with van der Waals surface area (Å²) >= 11 is 0. The second-order valence-corrected chi connectivity index (χ2v) is 5.43. The fourth-order valence-electron chi connectivity index (χ4n) is 4.53. The number of hydrogen-bond donors (Lipinski definition) is 1. The van der Waals surface area contributed by atoms with Gasteiger partial charge in [-0.1, -0.05) is 0 Å². The first kappa shape index (κ1) is 8.39. The molecule has 1 N–H and O–H groups in total. The van der Waals surface area contributed by atoms with Crippen LogP contribution in [0.1, 0.15) is 19.3 Å². The third-order valence-corrected chi connectivity index (χ3v) is 4.93. The molecular formula is C11H14O4. The molecule has 1 heterocycles. The second kappa shape index (κ2) is 2.48. The Labute approximate surface area is 87.5 Å². The monoisotopic (exact) mass is 210 g/mol. The predicted octanol–water partition coefficient (Wildman–Crippen LogP) is 1.49. The van der Waals surface area contributed by atoms with E-state index in [2.05, 4.69) is 0 Å². The van der Waals surface area contributed by atoms with E-state index in [9.17, 15) is 4.79 Å². The van der Waals surface area contributed by atoms with Gasteiger partial charge in [-0.15, -0.1) is 0 Å². The summed E-state index contributed by atoms with van der Waals surface area (Å²) in [7, 11) is 0. The third kappa shape index (κ3) is 0.982. The zero-order chi connectivity index (χ0) is 10.2. The predicted molar refractivity (Wildman–Crippen MR) is 49.4 cm³/mol. The van der Waals surface area contributed by atoms with Crippen LogP contribution in [-0.4, -0.2) is 29.6 Å². The summed E-state index contributed by atoms with van der Waals surface area (Å²) in [6.07, 6.45) is 3.15. The lowest BCUT2D eigenvalue weighted by Crippen LogP contribution is -2.34. The van der Waals surface area contributed by atoms with Crippen LogP contribution in [0.25, 0.3) is 0 Å². The summed E-state index contributed by atoms with van der Waals surface area (Å²) in [5.74, 6) is 2.58. The SMILES string of the molecule is O=C(O)OC1CC2CC1C1CC3OC3C21. The average Bonchev–Trinajstić information content (AvgIpc) is 2.59. The molecule has 0 aromatic heterocycles. The molecule has 3 aliphatic carbocycles. The Kier molecular flexibility index (Phi) is 1.39. The van der Waals surface area contributed by atoms with Gasteiger partial charge in [-0.3, -0.25) is 0 Å². The molecule has 1 aliphatic heterocycles. The Morgan fingerprint density at radius 2 is 2.13 bits per heavy atom. The molecule has 2 bridgehead atoms. The van der Waals surface area contributed by atoms with Crippen molar-refractivity contribution in [3.05, 3.63) is 0 Å². The van der Waals surface area contributed by atoms with Crippen LogP contribution in [-0.2, 0) is 9.47 Å². The van der Waals surface area contributed by atoms with Gasteiger partial charge in [0.05, 0.1) is 12.2 Å². The smallest absolute Gasteiger partial charge is 0.450 e. The van der Waals surface area contributed by atoms with Crippen molar-refractivity contribution < 1.29 is 19.4 Å². The van der Waals surface area contributed by atoms with E-state index >= 15 is 0 Å². The van der Waals surface area contributed by atoms with Crippen molar-refractivity contribution in [1.29, 1.82) is 0 Å². The highest BCUT2D eigenvalue weighted by atomic mass is 16.7. The van der Waals surface area contributed by atoms with Gasteiger partial charge in [0.2, 0.25) is 0 Å². The van der Waals surface area contributed by atoms with E-state index in [0.29, 0.717) is 30.0 Å². The maximum Gasteiger partial charge on any atom is 0.506 e. The van der Waals surface area contributed by atoms with Gasteiger partial charge in [0.15, 0.2) is 0 Å². The third-order valence-electron chi connectivity index (χ3n) is 4.93. The first-order valence-electron chi connectivity index (χ1n) is 5.79. The van der Waals surface area contributed by atoms with Crippen LogP contribution in [0.4, 0.5) is 4.79 Å². The van der Waals surface area contributed by atoms with Gasteiger partial charge >= 0.3 is 6.16 Å². The van der Waals surface area contributed by atoms with Crippen molar-refractivity contribution in [2.45, 2.75) is 37.6 Å². The molecule has 4 aliphatic rings. The Morgan fingerprint density at radius 1 is 1.27 bits per heavy atom. The zero-order valence-corrected chi connectivity index (χ0v) is 8.33. The first-order valence-corrected chi connectivity index (χ1v) is 5.79. The molecule has 0 aromatic carbocycles. The topological polar surface area (TPSA) is 59.1 Å². The van der Waals surface area contributed by atoms with Crippen LogP contribution in [0.15, 0.2) is 0 Å². The molecule has 1 saturated heterocycles. The van der Waals surface area contributed by atoms with Gasteiger partial charge in [-0.2, -0.15) is 0 Å². The van der Waals surface area contributed by atoms with E-state index in [0.717, 1.165) is 18.8 Å². The van der Waals surface area contributed by atoms with Crippen LogP contribution in [0, 0.1) is 23.7 Å².